The molecule has 0 spiro atoms. The fourth-order valence-electron chi connectivity index (χ4n) is 9.97. The summed E-state index contributed by atoms with van der Waals surface area (Å²) in [5, 5.41) is 22.3. The van der Waals surface area contributed by atoms with E-state index in [4.69, 9.17) is 0 Å². The predicted molar refractivity (Wildman–Crippen MR) is 142 cm³/mol. The molecule has 11 atom stereocenters. The highest BCUT2D eigenvalue weighted by atomic mass is 32.2. The first-order valence-corrected chi connectivity index (χ1v) is 16.4. The fraction of sp³-hybridized carbons (Fsp3) is 0.966. The summed E-state index contributed by atoms with van der Waals surface area (Å²) in [5.74, 6) is 1.94. The quantitative estimate of drug-likeness (QED) is 0.419. The number of aliphatic hydroxyl groups is 2. The number of unbranched alkanes of at least 4 members (excludes halogenated alkanes) is 1. The molecule has 4 saturated carbocycles. The Kier molecular flexibility index (Phi) is 8.26. The van der Waals surface area contributed by atoms with Gasteiger partial charge in [-0.2, -0.15) is 0 Å². The molecular weight excluding hydrogens is 474 g/mol. The number of hydrogen-bond donors (Lipinski definition) is 3. The van der Waals surface area contributed by atoms with E-state index in [0.29, 0.717) is 30.1 Å². The summed E-state index contributed by atoms with van der Waals surface area (Å²) in [5.41, 5.74) is 0.250. The SMILES string of the molecule is CCCCS(=O)(=O)NC(=O)CC(C)[C@H]1CC[C@H]2[C@@H]3[C@H](O)[C@H](CC)[C@@H]4C[C@H](O)CC[C@]4(C)[C@H]3CC[C@]12C. The minimum absolute atomic E-state index is 0.00316. The Labute approximate surface area is 219 Å². The average Bonchev–Trinajstić information content (AvgIpc) is 3.16. The van der Waals surface area contributed by atoms with Crippen molar-refractivity contribution < 1.29 is 23.4 Å². The molecule has 0 aromatic heterocycles. The van der Waals surface area contributed by atoms with E-state index in [0.717, 1.165) is 57.8 Å². The second kappa shape index (κ2) is 10.5. The van der Waals surface area contributed by atoms with Crippen molar-refractivity contribution in [2.75, 3.05) is 5.75 Å². The Morgan fingerprint density at radius 1 is 1.00 bits per heavy atom. The zero-order valence-electron chi connectivity index (χ0n) is 23.2. The van der Waals surface area contributed by atoms with Gasteiger partial charge in [0.15, 0.2) is 0 Å². The van der Waals surface area contributed by atoms with Gasteiger partial charge in [0.1, 0.15) is 0 Å². The van der Waals surface area contributed by atoms with Crippen molar-refractivity contribution in [2.45, 2.75) is 117 Å². The molecular formula is C29H51NO5S. The van der Waals surface area contributed by atoms with Gasteiger partial charge in [0.2, 0.25) is 15.9 Å². The molecule has 3 N–H and O–H groups in total. The molecule has 36 heavy (non-hydrogen) atoms. The molecule has 0 aromatic rings. The van der Waals surface area contributed by atoms with Crippen molar-refractivity contribution in [3.05, 3.63) is 0 Å². The first-order valence-electron chi connectivity index (χ1n) is 14.8. The van der Waals surface area contributed by atoms with Gasteiger partial charge < -0.3 is 10.2 Å². The molecule has 0 aromatic carbocycles. The van der Waals surface area contributed by atoms with Crippen LogP contribution in [0.2, 0.25) is 0 Å². The lowest BCUT2D eigenvalue weighted by Gasteiger charge is -2.64. The van der Waals surface area contributed by atoms with E-state index in [-0.39, 0.29) is 58.9 Å². The van der Waals surface area contributed by atoms with Crippen LogP contribution in [-0.4, -0.2) is 42.5 Å². The van der Waals surface area contributed by atoms with Gasteiger partial charge >= 0.3 is 0 Å². The van der Waals surface area contributed by atoms with Crippen LogP contribution in [0.25, 0.3) is 0 Å². The summed E-state index contributed by atoms with van der Waals surface area (Å²) >= 11 is 0. The van der Waals surface area contributed by atoms with Gasteiger partial charge in [-0.15, -0.1) is 0 Å². The fourth-order valence-corrected chi connectivity index (χ4v) is 11.2. The Balaban J connectivity index is 1.51. The van der Waals surface area contributed by atoms with Gasteiger partial charge in [-0.1, -0.05) is 47.5 Å². The van der Waals surface area contributed by atoms with Gasteiger partial charge in [0.05, 0.1) is 18.0 Å². The monoisotopic (exact) mass is 525 g/mol. The third-order valence-electron chi connectivity index (χ3n) is 11.7. The maximum absolute atomic E-state index is 12.7. The Bertz CT molecular complexity index is 907. The molecule has 1 unspecified atom stereocenters. The number of sulfonamides is 1. The molecule has 1 amide bonds. The Morgan fingerprint density at radius 2 is 1.67 bits per heavy atom. The van der Waals surface area contributed by atoms with Crippen molar-refractivity contribution >= 4 is 15.9 Å². The average molecular weight is 526 g/mol. The van der Waals surface area contributed by atoms with Gasteiger partial charge in [0.25, 0.3) is 0 Å². The third kappa shape index (κ3) is 4.90. The van der Waals surface area contributed by atoms with E-state index in [1.54, 1.807) is 0 Å². The number of hydrogen-bond acceptors (Lipinski definition) is 5. The van der Waals surface area contributed by atoms with Crippen LogP contribution in [0.3, 0.4) is 0 Å². The van der Waals surface area contributed by atoms with Gasteiger partial charge in [-0.25, -0.2) is 8.42 Å². The highest BCUT2D eigenvalue weighted by Gasteiger charge is 2.64. The Morgan fingerprint density at radius 3 is 2.33 bits per heavy atom. The molecule has 0 radical (unpaired) electrons. The van der Waals surface area contributed by atoms with Crippen LogP contribution in [0.15, 0.2) is 0 Å². The second-order valence-electron chi connectivity index (χ2n) is 13.5. The van der Waals surface area contributed by atoms with Gasteiger partial charge in [0, 0.05) is 6.42 Å². The molecule has 4 aliphatic carbocycles. The van der Waals surface area contributed by atoms with Crippen molar-refractivity contribution in [1.29, 1.82) is 0 Å². The van der Waals surface area contributed by atoms with E-state index >= 15 is 0 Å². The van der Waals surface area contributed by atoms with E-state index in [2.05, 4.69) is 32.4 Å². The lowest BCUT2D eigenvalue weighted by Crippen LogP contribution is -2.62. The molecule has 0 aliphatic heterocycles. The molecule has 4 aliphatic rings. The summed E-state index contributed by atoms with van der Waals surface area (Å²) in [6, 6.07) is 0. The number of aliphatic hydroxyl groups excluding tert-OH is 2. The largest absolute Gasteiger partial charge is 0.393 e. The van der Waals surface area contributed by atoms with E-state index in [1.165, 1.54) is 0 Å². The smallest absolute Gasteiger partial charge is 0.234 e. The first kappa shape index (κ1) is 28.4. The number of nitrogens with one attached hydrogen (secondary N) is 1. The number of carbonyl (C=O) groups is 1. The maximum atomic E-state index is 12.7. The number of carbonyl (C=O) groups excluding carboxylic acids is 1. The minimum atomic E-state index is -3.56. The molecule has 6 nitrogen and oxygen atoms in total. The van der Waals surface area contributed by atoms with Gasteiger partial charge in [-0.05, 0) is 104 Å². The topological polar surface area (TPSA) is 104 Å². The molecule has 4 rings (SSSR count). The summed E-state index contributed by atoms with van der Waals surface area (Å²) in [6.07, 6.45) is 9.07. The molecule has 0 heterocycles. The third-order valence-corrected chi connectivity index (χ3v) is 13.1. The van der Waals surface area contributed by atoms with Crippen molar-refractivity contribution in [1.82, 2.24) is 4.72 Å². The molecule has 0 bridgehead atoms. The molecule has 7 heteroatoms. The lowest BCUT2D eigenvalue weighted by molar-refractivity contribution is -0.203. The second-order valence-corrected chi connectivity index (χ2v) is 15.3. The van der Waals surface area contributed by atoms with E-state index in [9.17, 15) is 23.4 Å². The zero-order chi connectivity index (χ0) is 26.5. The summed E-state index contributed by atoms with van der Waals surface area (Å²) in [7, 11) is -3.56. The highest BCUT2D eigenvalue weighted by molar-refractivity contribution is 7.90. The van der Waals surface area contributed by atoms with Gasteiger partial charge in [-0.3, -0.25) is 9.52 Å². The number of amides is 1. The van der Waals surface area contributed by atoms with Crippen molar-refractivity contribution in [3.8, 4) is 0 Å². The van der Waals surface area contributed by atoms with Crippen LogP contribution in [0.4, 0.5) is 0 Å². The van der Waals surface area contributed by atoms with Crippen molar-refractivity contribution in [3.63, 3.8) is 0 Å². The minimum Gasteiger partial charge on any atom is -0.393 e. The van der Waals surface area contributed by atoms with Crippen LogP contribution < -0.4 is 4.72 Å². The standard InChI is InChI=1S/C29H51NO5S/c1-6-8-15-36(34,35)30-25(32)16-18(3)21-9-10-22-26-23(12-14-28(21,22)4)29(5)13-11-19(31)17-24(29)20(7-2)27(26)33/h18-24,26-27,31,33H,6-17H2,1-5H3,(H,30,32)/t18?,19-,20-,21-,22+,23+,24+,26+,27-,28-,29-/m1/s1. The zero-order valence-corrected chi connectivity index (χ0v) is 24.0. The molecule has 208 valence electrons. The molecule has 4 fully saturated rings. The highest BCUT2D eigenvalue weighted by Crippen LogP contribution is 2.69. The van der Waals surface area contributed by atoms with Crippen LogP contribution in [0, 0.1) is 52.3 Å². The summed E-state index contributed by atoms with van der Waals surface area (Å²) < 4.78 is 26.8. The van der Waals surface area contributed by atoms with Crippen molar-refractivity contribution in [2.24, 2.45) is 52.3 Å². The van der Waals surface area contributed by atoms with Crippen LogP contribution in [0.1, 0.15) is 105 Å². The normalized spacial score (nSPS) is 45.3. The van der Waals surface area contributed by atoms with Crippen LogP contribution in [-0.2, 0) is 14.8 Å². The van der Waals surface area contributed by atoms with Crippen LogP contribution in [0.5, 0.6) is 0 Å². The summed E-state index contributed by atoms with van der Waals surface area (Å²) in [6.45, 7) is 11.1. The lowest BCUT2D eigenvalue weighted by atomic mass is 9.41. The molecule has 0 saturated heterocycles. The Hall–Kier alpha value is -0.660. The number of rotatable bonds is 8. The summed E-state index contributed by atoms with van der Waals surface area (Å²) in [4.78, 5) is 12.7. The van der Waals surface area contributed by atoms with E-state index in [1.807, 2.05) is 6.92 Å². The predicted octanol–water partition coefficient (Wildman–Crippen LogP) is 4.89. The van der Waals surface area contributed by atoms with E-state index < -0.39 is 10.0 Å². The van der Waals surface area contributed by atoms with Crippen LogP contribution >= 0.6 is 0 Å². The maximum Gasteiger partial charge on any atom is 0.234 e. The number of fused-ring (bicyclic) bond motifs is 5. The first-order chi connectivity index (χ1) is 16.9.